The Morgan fingerprint density at radius 3 is 2.71 bits per heavy atom. The number of aliphatic hydroxyl groups is 1. The Morgan fingerprint density at radius 2 is 2.06 bits per heavy atom. The van der Waals surface area contributed by atoms with Crippen LogP contribution in [0.3, 0.4) is 0 Å². The van der Waals surface area contributed by atoms with Crippen molar-refractivity contribution in [1.82, 2.24) is 5.32 Å². The predicted molar refractivity (Wildman–Crippen MR) is 74.3 cm³/mol. The van der Waals surface area contributed by atoms with Gasteiger partial charge in [-0.3, -0.25) is 0 Å². The highest BCUT2D eigenvalue weighted by atomic mass is 32.2. The fourth-order valence-corrected chi connectivity index (χ4v) is 2.82. The van der Waals surface area contributed by atoms with Crippen LogP contribution in [0.4, 0.5) is 0 Å². The van der Waals surface area contributed by atoms with E-state index in [1.165, 1.54) is 18.4 Å². The molecule has 94 valence electrons. The molecule has 0 aromatic heterocycles. The van der Waals surface area contributed by atoms with Crippen LogP contribution in [0.15, 0.2) is 30.3 Å². The van der Waals surface area contributed by atoms with E-state index in [0.29, 0.717) is 12.1 Å². The van der Waals surface area contributed by atoms with Gasteiger partial charge in [0.05, 0.1) is 6.61 Å². The van der Waals surface area contributed by atoms with Crippen molar-refractivity contribution in [1.29, 1.82) is 0 Å². The van der Waals surface area contributed by atoms with E-state index in [1.54, 1.807) is 0 Å². The summed E-state index contributed by atoms with van der Waals surface area (Å²) in [5, 5.41) is 12.7. The smallest absolute Gasteiger partial charge is 0.0585 e. The number of nitrogens with one attached hydrogen (secondary N) is 1. The number of thioether (sulfide) groups is 1. The molecular weight excluding hydrogens is 230 g/mol. The Kier molecular flexibility index (Phi) is 5.36. The summed E-state index contributed by atoms with van der Waals surface area (Å²) in [4.78, 5) is 0. The fraction of sp³-hybridized carbons (Fsp3) is 0.571. The zero-order valence-electron chi connectivity index (χ0n) is 10.1. The zero-order valence-corrected chi connectivity index (χ0v) is 11.0. The lowest BCUT2D eigenvalue weighted by atomic mass is 10.2. The largest absolute Gasteiger partial charge is 0.395 e. The summed E-state index contributed by atoms with van der Waals surface area (Å²) in [7, 11) is 0. The molecule has 2 rings (SSSR count). The van der Waals surface area contributed by atoms with Crippen LogP contribution >= 0.6 is 11.8 Å². The van der Waals surface area contributed by atoms with Crippen molar-refractivity contribution in [3.8, 4) is 0 Å². The topological polar surface area (TPSA) is 32.3 Å². The molecule has 0 bridgehead atoms. The molecule has 1 unspecified atom stereocenters. The molecule has 1 aliphatic carbocycles. The predicted octanol–water partition coefficient (Wildman–Crippen LogP) is 2.42. The van der Waals surface area contributed by atoms with Crippen LogP contribution in [-0.2, 0) is 5.75 Å². The van der Waals surface area contributed by atoms with E-state index in [0.717, 1.165) is 17.9 Å². The average molecular weight is 251 g/mol. The molecule has 3 heteroatoms. The molecule has 0 spiro atoms. The summed E-state index contributed by atoms with van der Waals surface area (Å²) in [5.74, 6) is 2.18. The summed E-state index contributed by atoms with van der Waals surface area (Å²) >= 11 is 1.95. The molecule has 1 saturated carbocycles. The normalized spacial score (nSPS) is 17.0. The molecule has 2 nitrogen and oxygen atoms in total. The Morgan fingerprint density at radius 1 is 1.29 bits per heavy atom. The number of benzene rings is 1. The van der Waals surface area contributed by atoms with E-state index in [2.05, 4.69) is 35.6 Å². The van der Waals surface area contributed by atoms with Gasteiger partial charge in [-0.05, 0) is 30.6 Å². The van der Waals surface area contributed by atoms with Gasteiger partial charge in [0, 0.05) is 17.8 Å². The first-order valence-corrected chi connectivity index (χ1v) is 7.52. The molecule has 0 aliphatic heterocycles. The third-order valence-corrected chi connectivity index (χ3v) is 4.05. The number of aliphatic hydroxyl groups excluding tert-OH is 1. The van der Waals surface area contributed by atoms with Crippen LogP contribution in [0.5, 0.6) is 0 Å². The van der Waals surface area contributed by atoms with Gasteiger partial charge in [-0.1, -0.05) is 30.3 Å². The van der Waals surface area contributed by atoms with Crippen molar-refractivity contribution in [2.75, 3.05) is 12.4 Å². The Labute approximate surface area is 108 Å². The highest BCUT2D eigenvalue weighted by Gasteiger charge is 2.23. The summed E-state index contributed by atoms with van der Waals surface area (Å²) < 4.78 is 0. The second-order valence-corrected chi connectivity index (χ2v) is 5.75. The van der Waals surface area contributed by atoms with Crippen molar-refractivity contribution in [2.45, 2.75) is 37.1 Å². The number of hydrogen-bond acceptors (Lipinski definition) is 3. The lowest BCUT2D eigenvalue weighted by Gasteiger charge is -2.15. The zero-order chi connectivity index (χ0) is 11.9. The molecule has 0 radical (unpaired) electrons. The lowest BCUT2D eigenvalue weighted by Crippen LogP contribution is -2.34. The molecular formula is C14H21NOS. The van der Waals surface area contributed by atoms with Gasteiger partial charge in [-0.2, -0.15) is 11.8 Å². The van der Waals surface area contributed by atoms with Gasteiger partial charge >= 0.3 is 0 Å². The van der Waals surface area contributed by atoms with E-state index in [4.69, 9.17) is 0 Å². The van der Waals surface area contributed by atoms with Crippen molar-refractivity contribution < 1.29 is 5.11 Å². The molecule has 1 aliphatic rings. The standard InChI is InChI=1S/C14H21NOS/c16-10-14(15-13-6-7-13)8-9-17-11-12-4-2-1-3-5-12/h1-5,13-16H,6-11H2. The minimum Gasteiger partial charge on any atom is -0.395 e. The summed E-state index contributed by atoms with van der Waals surface area (Å²) in [6.07, 6.45) is 3.63. The van der Waals surface area contributed by atoms with E-state index < -0.39 is 0 Å². The van der Waals surface area contributed by atoms with E-state index >= 15 is 0 Å². The van der Waals surface area contributed by atoms with Gasteiger partial charge in [-0.25, -0.2) is 0 Å². The lowest BCUT2D eigenvalue weighted by molar-refractivity contribution is 0.239. The SMILES string of the molecule is OCC(CCSCc1ccccc1)NC1CC1. The molecule has 2 N–H and O–H groups in total. The van der Waals surface area contributed by atoms with Crippen LogP contribution in [0.1, 0.15) is 24.8 Å². The average Bonchev–Trinajstić information content (AvgIpc) is 3.18. The summed E-state index contributed by atoms with van der Waals surface area (Å²) in [6, 6.07) is 11.5. The van der Waals surface area contributed by atoms with Crippen LogP contribution < -0.4 is 5.32 Å². The van der Waals surface area contributed by atoms with Crippen LogP contribution in [-0.4, -0.2) is 29.5 Å². The van der Waals surface area contributed by atoms with Gasteiger partial charge in [0.15, 0.2) is 0 Å². The van der Waals surface area contributed by atoms with E-state index in [-0.39, 0.29) is 6.61 Å². The van der Waals surface area contributed by atoms with Gasteiger partial charge in [0.2, 0.25) is 0 Å². The molecule has 1 atom stereocenters. The first-order valence-electron chi connectivity index (χ1n) is 6.37. The third kappa shape index (κ3) is 5.11. The van der Waals surface area contributed by atoms with E-state index in [1.807, 2.05) is 11.8 Å². The van der Waals surface area contributed by atoms with Crippen LogP contribution in [0.2, 0.25) is 0 Å². The molecule has 1 aromatic rings. The molecule has 17 heavy (non-hydrogen) atoms. The Hall–Kier alpha value is -0.510. The first kappa shape index (κ1) is 12.9. The minimum atomic E-state index is 0.266. The minimum absolute atomic E-state index is 0.266. The monoisotopic (exact) mass is 251 g/mol. The van der Waals surface area contributed by atoms with Gasteiger partial charge in [0.1, 0.15) is 0 Å². The van der Waals surface area contributed by atoms with Crippen LogP contribution in [0.25, 0.3) is 0 Å². The Balaban J connectivity index is 1.58. The van der Waals surface area contributed by atoms with Crippen molar-refractivity contribution in [2.24, 2.45) is 0 Å². The highest BCUT2D eigenvalue weighted by molar-refractivity contribution is 7.98. The summed E-state index contributed by atoms with van der Waals surface area (Å²) in [5.41, 5.74) is 1.38. The maximum absolute atomic E-state index is 9.25. The maximum atomic E-state index is 9.25. The quantitative estimate of drug-likeness (QED) is 0.696. The molecule has 1 aromatic carbocycles. The van der Waals surface area contributed by atoms with Crippen molar-refractivity contribution in [3.63, 3.8) is 0 Å². The van der Waals surface area contributed by atoms with Gasteiger partial charge < -0.3 is 10.4 Å². The summed E-state index contributed by atoms with van der Waals surface area (Å²) in [6.45, 7) is 0.266. The second kappa shape index (κ2) is 7.04. The number of rotatable bonds is 8. The Bertz CT molecular complexity index is 313. The molecule has 0 amide bonds. The van der Waals surface area contributed by atoms with Gasteiger partial charge in [-0.15, -0.1) is 0 Å². The van der Waals surface area contributed by atoms with Crippen molar-refractivity contribution in [3.05, 3.63) is 35.9 Å². The van der Waals surface area contributed by atoms with Crippen molar-refractivity contribution >= 4 is 11.8 Å². The number of hydrogen-bond donors (Lipinski definition) is 2. The molecule has 0 heterocycles. The second-order valence-electron chi connectivity index (χ2n) is 4.65. The van der Waals surface area contributed by atoms with Crippen LogP contribution in [0, 0.1) is 0 Å². The molecule has 0 saturated heterocycles. The fourth-order valence-electron chi connectivity index (χ4n) is 1.80. The van der Waals surface area contributed by atoms with Gasteiger partial charge in [0.25, 0.3) is 0 Å². The highest BCUT2D eigenvalue weighted by Crippen LogP contribution is 2.20. The maximum Gasteiger partial charge on any atom is 0.0585 e. The third-order valence-electron chi connectivity index (χ3n) is 2.99. The molecule has 1 fully saturated rings. The van der Waals surface area contributed by atoms with E-state index in [9.17, 15) is 5.11 Å². The first-order chi connectivity index (χ1) is 8.38.